The third kappa shape index (κ3) is 4.36. The minimum atomic E-state index is -2.98. The molecule has 146 valence electrons. The highest BCUT2D eigenvalue weighted by molar-refractivity contribution is 8.15. The zero-order valence-corrected chi connectivity index (χ0v) is 16.4. The monoisotopic (exact) mass is 419 g/mol. The van der Waals surface area contributed by atoms with Crippen molar-refractivity contribution in [2.75, 3.05) is 16.8 Å². The Balaban J connectivity index is 1.38. The van der Waals surface area contributed by atoms with E-state index in [4.69, 9.17) is 0 Å². The van der Waals surface area contributed by atoms with Gasteiger partial charge in [-0.1, -0.05) is 30.0 Å². The second kappa shape index (κ2) is 7.56. The molecule has 28 heavy (non-hydrogen) atoms. The topological polar surface area (TPSA) is 87.6 Å². The molecule has 1 fully saturated rings. The Hall–Kier alpha value is -2.39. The average Bonchev–Trinajstić information content (AvgIpc) is 3.13. The average molecular weight is 420 g/mol. The van der Waals surface area contributed by atoms with Crippen molar-refractivity contribution in [2.45, 2.75) is 17.8 Å². The molecule has 0 spiro atoms. The first-order valence-corrected chi connectivity index (χ1v) is 11.4. The van der Waals surface area contributed by atoms with Gasteiger partial charge in [0.25, 0.3) is 5.91 Å². The van der Waals surface area contributed by atoms with Gasteiger partial charge in [0.2, 0.25) is 0 Å². The summed E-state index contributed by atoms with van der Waals surface area (Å²) in [4.78, 5) is 16.8. The van der Waals surface area contributed by atoms with Gasteiger partial charge in [0.05, 0.1) is 17.5 Å². The number of nitrogens with zero attached hydrogens (tertiary/aromatic N) is 1. The summed E-state index contributed by atoms with van der Waals surface area (Å²) in [5.41, 5.74) is 2.00. The summed E-state index contributed by atoms with van der Waals surface area (Å²) in [6.07, 6.45) is 0. The number of hydrogen-bond acceptors (Lipinski definition) is 6. The van der Waals surface area contributed by atoms with Crippen molar-refractivity contribution in [2.24, 2.45) is 4.99 Å². The van der Waals surface area contributed by atoms with E-state index in [2.05, 4.69) is 15.6 Å². The number of aliphatic imine (C=N–C) groups is 1. The highest BCUT2D eigenvalue weighted by Gasteiger charge is 2.42. The van der Waals surface area contributed by atoms with Crippen molar-refractivity contribution >= 4 is 38.4 Å². The molecule has 0 unspecified atom stereocenters. The second-order valence-electron chi connectivity index (χ2n) is 6.75. The lowest BCUT2D eigenvalue weighted by Gasteiger charge is -2.09. The zero-order chi connectivity index (χ0) is 19.7. The number of nitrogens with one attached hydrogen (secondary N) is 2. The minimum absolute atomic E-state index is 0.0327. The first-order chi connectivity index (χ1) is 13.4. The molecule has 0 bridgehead atoms. The van der Waals surface area contributed by atoms with Gasteiger partial charge in [-0.05, 0) is 35.9 Å². The van der Waals surface area contributed by atoms with Gasteiger partial charge in [0.1, 0.15) is 5.82 Å². The van der Waals surface area contributed by atoms with E-state index in [1.807, 2.05) is 6.07 Å². The number of sulfone groups is 1. The molecule has 2 atom stereocenters. The Labute approximate surface area is 166 Å². The maximum Gasteiger partial charge on any atom is 0.251 e. The van der Waals surface area contributed by atoms with Crippen LogP contribution in [0, 0.1) is 5.82 Å². The van der Waals surface area contributed by atoms with Crippen molar-refractivity contribution < 1.29 is 17.6 Å². The van der Waals surface area contributed by atoms with Crippen molar-refractivity contribution in [3.63, 3.8) is 0 Å². The van der Waals surface area contributed by atoms with E-state index in [9.17, 15) is 17.6 Å². The van der Waals surface area contributed by atoms with Crippen LogP contribution in [0.25, 0.3) is 0 Å². The van der Waals surface area contributed by atoms with Crippen LogP contribution in [0.1, 0.15) is 15.9 Å². The van der Waals surface area contributed by atoms with Crippen LogP contribution in [0.5, 0.6) is 0 Å². The number of carbonyl (C=O) groups is 1. The number of benzene rings is 2. The number of anilines is 1. The Bertz CT molecular complexity index is 1040. The molecule has 0 saturated carbocycles. The molecular formula is C19H18FN3O3S2. The quantitative estimate of drug-likeness (QED) is 0.795. The van der Waals surface area contributed by atoms with Crippen molar-refractivity contribution in [1.29, 1.82) is 0 Å². The van der Waals surface area contributed by atoms with Gasteiger partial charge in [0.15, 0.2) is 15.0 Å². The third-order valence-electron chi connectivity index (χ3n) is 4.56. The predicted molar refractivity (Wildman–Crippen MR) is 109 cm³/mol. The smallest absolute Gasteiger partial charge is 0.251 e. The van der Waals surface area contributed by atoms with E-state index in [1.165, 1.54) is 23.9 Å². The van der Waals surface area contributed by atoms with E-state index in [-0.39, 0.29) is 34.5 Å². The fraction of sp³-hybridized carbons (Fsp3) is 0.263. The number of fused-ring (bicyclic) bond motifs is 1. The molecule has 2 aromatic rings. The molecule has 6 nitrogen and oxygen atoms in total. The summed E-state index contributed by atoms with van der Waals surface area (Å²) < 4.78 is 36.2. The van der Waals surface area contributed by atoms with Crippen LogP contribution in [-0.4, -0.2) is 42.3 Å². The molecule has 1 amide bonds. The highest BCUT2D eigenvalue weighted by Crippen LogP contribution is 2.34. The van der Waals surface area contributed by atoms with Gasteiger partial charge in [-0.25, -0.2) is 12.8 Å². The Morgan fingerprint density at radius 1 is 1.18 bits per heavy atom. The highest BCUT2D eigenvalue weighted by atomic mass is 32.2. The first-order valence-electron chi connectivity index (χ1n) is 8.73. The molecule has 2 heterocycles. The molecule has 2 aliphatic rings. The lowest BCUT2D eigenvalue weighted by molar-refractivity contribution is 0.0951. The molecule has 0 aromatic heterocycles. The van der Waals surface area contributed by atoms with Crippen LogP contribution in [0.3, 0.4) is 0 Å². The largest absolute Gasteiger partial charge is 0.348 e. The molecule has 9 heteroatoms. The normalized spacial score (nSPS) is 22.4. The summed E-state index contributed by atoms with van der Waals surface area (Å²) in [5, 5.41) is 6.62. The standard InChI is InChI=1S/C19H18FN3O3S2/c20-14-6-4-12(5-7-14)9-21-18(24)13-2-1-3-15(8-13)22-19-23-16-10-28(25,26)11-17(16)27-19/h1-8,16-17H,9-11H2,(H,21,24)(H,22,23)/t16-,17-/m1/s1. The Morgan fingerprint density at radius 2 is 1.96 bits per heavy atom. The Morgan fingerprint density at radius 3 is 2.71 bits per heavy atom. The van der Waals surface area contributed by atoms with Crippen LogP contribution in [0.15, 0.2) is 53.5 Å². The fourth-order valence-electron chi connectivity index (χ4n) is 3.16. The van der Waals surface area contributed by atoms with Crippen LogP contribution < -0.4 is 10.6 Å². The van der Waals surface area contributed by atoms with Gasteiger partial charge >= 0.3 is 0 Å². The zero-order valence-electron chi connectivity index (χ0n) is 14.8. The van der Waals surface area contributed by atoms with E-state index in [0.717, 1.165) is 5.56 Å². The summed E-state index contributed by atoms with van der Waals surface area (Å²) in [7, 11) is -2.98. The van der Waals surface area contributed by atoms with Gasteiger partial charge < -0.3 is 10.6 Å². The van der Waals surface area contributed by atoms with Crippen LogP contribution in [-0.2, 0) is 16.4 Å². The SMILES string of the molecule is O=C(NCc1ccc(F)cc1)c1cccc(NC2=N[C@@H]3CS(=O)(=O)C[C@H]3S2)c1. The fourth-order valence-corrected chi connectivity index (χ4v) is 6.84. The van der Waals surface area contributed by atoms with E-state index in [0.29, 0.717) is 23.0 Å². The first kappa shape index (κ1) is 18.9. The summed E-state index contributed by atoms with van der Waals surface area (Å²) in [6, 6.07) is 12.8. The molecule has 4 rings (SSSR count). The number of thioether (sulfide) groups is 1. The van der Waals surface area contributed by atoms with Crippen molar-refractivity contribution in [3.8, 4) is 0 Å². The molecule has 2 aliphatic heterocycles. The summed E-state index contributed by atoms with van der Waals surface area (Å²) in [6.45, 7) is 0.303. The Kier molecular flexibility index (Phi) is 5.11. The van der Waals surface area contributed by atoms with Gasteiger partial charge in [0, 0.05) is 23.0 Å². The lowest BCUT2D eigenvalue weighted by atomic mass is 10.1. The molecular weight excluding hydrogens is 401 g/mol. The maximum absolute atomic E-state index is 12.9. The number of rotatable bonds is 4. The number of halogens is 1. The molecule has 2 N–H and O–H groups in total. The van der Waals surface area contributed by atoms with Crippen LogP contribution in [0.2, 0.25) is 0 Å². The lowest BCUT2D eigenvalue weighted by Crippen LogP contribution is -2.23. The third-order valence-corrected chi connectivity index (χ3v) is 7.70. The number of hydrogen-bond donors (Lipinski definition) is 2. The summed E-state index contributed by atoms with van der Waals surface area (Å²) in [5.74, 6) is -0.301. The number of carbonyl (C=O) groups excluding carboxylic acids is 1. The van der Waals surface area contributed by atoms with Gasteiger partial charge in [-0.2, -0.15) is 0 Å². The summed E-state index contributed by atoms with van der Waals surface area (Å²) >= 11 is 1.43. The number of amides is 1. The van der Waals surface area contributed by atoms with Crippen molar-refractivity contribution in [1.82, 2.24) is 5.32 Å². The van der Waals surface area contributed by atoms with E-state index < -0.39 is 9.84 Å². The second-order valence-corrected chi connectivity index (χ2v) is 10.1. The molecule has 0 radical (unpaired) electrons. The molecule has 0 aliphatic carbocycles. The predicted octanol–water partition coefficient (Wildman–Crippen LogP) is 2.44. The molecule has 1 saturated heterocycles. The van der Waals surface area contributed by atoms with Crippen LogP contribution in [0.4, 0.5) is 10.1 Å². The van der Waals surface area contributed by atoms with E-state index in [1.54, 1.807) is 30.3 Å². The maximum atomic E-state index is 12.9. The van der Waals surface area contributed by atoms with Gasteiger partial charge in [-0.3, -0.25) is 9.79 Å². The van der Waals surface area contributed by atoms with Crippen molar-refractivity contribution in [3.05, 3.63) is 65.5 Å². The minimum Gasteiger partial charge on any atom is -0.348 e. The van der Waals surface area contributed by atoms with Gasteiger partial charge in [-0.15, -0.1) is 0 Å². The molecule has 2 aromatic carbocycles. The van der Waals surface area contributed by atoms with Crippen LogP contribution >= 0.6 is 11.8 Å². The van der Waals surface area contributed by atoms with E-state index >= 15 is 0 Å². The number of amidine groups is 1.